The highest BCUT2D eigenvalue weighted by atomic mass is 79.9. The summed E-state index contributed by atoms with van der Waals surface area (Å²) in [7, 11) is 1.33. The van der Waals surface area contributed by atoms with E-state index in [4.69, 9.17) is 10.5 Å². The normalized spacial score (nSPS) is 11.6. The van der Waals surface area contributed by atoms with Crippen LogP contribution in [0.4, 0.5) is 13.2 Å². The molecule has 0 aliphatic heterocycles. The summed E-state index contributed by atoms with van der Waals surface area (Å²) in [6, 6.07) is 2.45. The number of methoxy groups -OCH3 is 1. The highest BCUT2D eigenvalue weighted by Crippen LogP contribution is 2.38. The zero-order chi connectivity index (χ0) is 13.1. The molecule has 0 saturated carbocycles. The van der Waals surface area contributed by atoms with Gasteiger partial charge >= 0.3 is 6.18 Å². The van der Waals surface area contributed by atoms with Crippen molar-refractivity contribution in [1.29, 1.82) is 0 Å². The fraction of sp³-hybridized carbons (Fsp3) is 0.455. The van der Waals surface area contributed by atoms with Crippen LogP contribution in [0.2, 0.25) is 0 Å². The van der Waals surface area contributed by atoms with Crippen molar-refractivity contribution in [3.63, 3.8) is 0 Å². The van der Waals surface area contributed by atoms with E-state index in [1.54, 1.807) is 0 Å². The Hall–Kier alpha value is -0.750. The maximum atomic E-state index is 12.8. The largest absolute Gasteiger partial charge is 0.496 e. The number of rotatable bonds is 4. The lowest BCUT2D eigenvalue weighted by atomic mass is 10.0. The van der Waals surface area contributed by atoms with Crippen LogP contribution in [0.3, 0.4) is 0 Å². The first kappa shape index (κ1) is 14.3. The quantitative estimate of drug-likeness (QED) is 0.925. The van der Waals surface area contributed by atoms with Crippen molar-refractivity contribution >= 4 is 15.9 Å². The highest BCUT2D eigenvalue weighted by molar-refractivity contribution is 9.10. The number of aryl methyl sites for hydroxylation is 1. The zero-order valence-corrected chi connectivity index (χ0v) is 10.9. The Kier molecular flexibility index (Phi) is 4.82. The number of halogens is 4. The maximum absolute atomic E-state index is 12.8. The third-order valence-corrected chi connectivity index (χ3v) is 2.95. The van der Waals surface area contributed by atoms with Crippen molar-refractivity contribution in [2.45, 2.75) is 19.0 Å². The molecule has 0 aliphatic rings. The van der Waals surface area contributed by atoms with E-state index in [1.165, 1.54) is 13.2 Å². The number of ether oxygens (including phenoxy) is 1. The molecule has 0 aromatic heterocycles. The van der Waals surface area contributed by atoms with Gasteiger partial charge in [-0.1, -0.05) is 0 Å². The van der Waals surface area contributed by atoms with Crippen LogP contribution in [0.5, 0.6) is 5.75 Å². The molecule has 96 valence electrons. The van der Waals surface area contributed by atoms with Crippen molar-refractivity contribution in [3.8, 4) is 5.75 Å². The van der Waals surface area contributed by atoms with Gasteiger partial charge in [-0.25, -0.2) is 0 Å². The molecule has 1 aromatic carbocycles. The molecule has 0 atom stereocenters. The van der Waals surface area contributed by atoms with Crippen molar-refractivity contribution in [3.05, 3.63) is 27.7 Å². The van der Waals surface area contributed by atoms with E-state index >= 15 is 0 Å². The zero-order valence-electron chi connectivity index (χ0n) is 9.27. The van der Waals surface area contributed by atoms with Gasteiger partial charge in [-0.3, -0.25) is 0 Å². The molecule has 2 nitrogen and oxygen atoms in total. The molecule has 1 rings (SSSR count). The Balaban J connectivity index is 3.21. The lowest BCUT2D eigenvalue weighted by Gasteiger charge is -2.15. The number of hydrogen-bond donors (Lipinski definition) is 1. The molecule has 0 amide bonds. The molecule has 17 heavy (non-hydrogen) atoms. The van der Waals surface area contributed by atoms with Crippen molar-refractivity contribution in [2.75, 3.05) is 13.7 Å². The van der Waals surface area contributed by atoms with Crippen LogP contribution in [0.25, 0.3) is 0 Å². The van der Waals surface area contributed by atoms with Crippen LogP contribution < -0.4 is 10.5 Å². The molecule has 0 bridgehead atoms. The highest BCUT2D eigenvalue weighted by Gasteiger charge is 2.34. The van der Waals surface area contributed by atoms with E-state index in [2.05, 4.69) is 15.9 Å². The summed E-state index contributed by atoms with van der Waals surface area (Å²) in [5.74, 6) is 0.175. The number of nitrogens with two attached hydrogens (primary N) is 1. The lowest BCUT2D eigenvalue weighted by molar-refractivity contribution is -0.138. The van der Waals surface area contributed by atoms with Crippen LogP contribution in [0.1, 0.15) is 17.5 Å². The van der Waals surface area contributed by atoms with Gasteiger partial charge in [0.1, 0.15) is 5.75 Å². The summed E-state index contributed by atoms with van der Waals surface area (Å²) in [6.45, 7) is 0.362. The molecule has 0 spiro atoms. The smallest absolute Gasteiger partial charge is 0.416 e. The predicted molar refractivity (Wildman–Crippen MR) is 63.1 cm³/mol. The van der Waals surface area contributed by atoms with Crippen molar-refractivity contribution in [1.82, 2.24) is 0 Å². The van der Waals surface area contributed by atoms with Crippen LogP contribution in [0.15, 0.2) is 16.6 Å². The van der Waals surface area contributed by atoms with Gasteiger partial charge in [0, 0.05) is 0 Å². The molecule has 0 heterocycles. The molecular weight excluding hydrogens is 299 g/mol. The minimum atomic E-state index is -4.38. The Morgan fingerprint density at radius 3 is 2.47 bits per heavy atom. The second kappa shape index (κ2) is 5.73. The fourth-order valence-corrected chi connectivity index (χ4v) is 2.07. The summed E-state index contributed by atoms with van der Waals surface area (Å²) >= 11 is 3.18. The molecule has 6 heteroatoms. The molecule has 0 unspecified atom stereocenters. The second-order valence-corrected chi connectivity index (χ2v) is 4.39. The van der Waals surface area contributed by atoms with Gasteiger partial charge in [0.25, 0.3) is 0 Å². The predicted octanol–water partition coefficient (Wildman–Crippen LogP) is 3.37. The summed E-state index contributed by atoms with van der Waals surface area (Å²) in [6.07, 6.45) is -3.56. The van der Waals surface area contributed by atoms with E-state index in [0.29, 0.717) is 23.9 Å². The molecule has 0 fully saturated rings. The SMILES string of the molecule is COc1cc(C(F)(F)F)c(CCCN)cc1Br. The first-order valence-corrected chi connectivity index (χ1v) is 5.83. The van der Waals surface area contributed by atoms with Crippen LogP contribution in [0, 0.1) is 0 Å². The lowest BCUT2D eigenvalue weighted by Crippen LogP contribution is -2.11. The van der Waals surface area contributed by atoms with Gasteiger partial charge in [0.15, 0.2) is 0 Å². The minimum Gasteiger partial charge on any atom is -0.496 e. The first-order chi connectivity index (χ1) is 7.90. The Morgan fingerprint density at radius 1 is 1.35 bits per heavy atom. The van der Waals surface area contributed by atoms with E-state index in [0.717, 1.165) is 6.07 Å². The first-order valence-electron chi connectivity index (χ1n) is 5.03. The molecule has 0 radical (unpaired) electrons. The van der Waals surface area contributed by atoms with Crippen molar-refractivity contribution < 1.29 is 17.9 Å². The van der Waals surface area contributed by atoms with Gasteiger partial charge in [0.2, 0.25) is 0 Å². The molecule has 0 saturated heterocycles. The molecule has 2 N–H and O–H groups in total. The molecular formula is C11H13BrF3NO. The van der Waals surface area contributed by atoms with E-state index < -0.39 is 11.7 Å². The summed E-state index contributed by atoms with van der Waals surface area (Å²) in [4.78, 5) is 0. The average molecular weight is 312 g/mol. The third-order valence-electron chi connectivity index (χ3n) is 2.33. The van der Waals surface area contributed by atoms with E-state index in [9.17, 15) is 13.2 Å². The summed E-state index contributed by atoms with van der Waals surface area (Å²) in [5.41, 5.74) is 4.88. The Bertz CT molecular complexity index is 393. The fourth-order valence-electron chi connectivity index (χ4n) is 1.51. The van der Waals surface area contributed by atoms with Gasteiger partial charge in [-0.05, 0) is 53.0 Å². The van der Waals surface area contributed by atoms with Crippen LogP contribution >= 0.6 is 15.9 Å². The summed E-state index contributed by atoms with van der Waals surface area (Å²) in [5, 5.41) is 0. The van der Waals surface area contributed by atoms with Crippen LogP contribution in [-0.2, 0) is 12.6 Å². The van der Waals surface area contributed by atoms with Crippen molar-refractivity contribution in [2.24, 2.45) is 5.73 Å². The standard InChI is InChI=1S/C11H13BrF3NO/c1-17-10-6-8(11(13,14)15)7(3-2-4-16)5-9(10)12/h5-6H,2-4,16H2,1H3. The van der Waals surface area contributed by atoms with Gasteiger partial charge in [-0.15, -0.1) is 0 Å². The average Bonchev–Trinajstić information content (AvgIpc) is 2.24. The molecule has 0 aliphatic carbocycles. The Labute approximate surface area is 106 Å². The topological polar surface area (TPSA) is 35.2 Å². The maximum Gasteiger partial charge on any atom is 0.416 e. The minimum absolute atomic E-state index is 0.175. The van der Waals surface area contributed by atoms with Crippen LogP contribution in [-0.4, -0.2) is 13.7 Å². The van der Waals surface area contributed by atoms with E-state index in [-0.39, 0.29) is 11.3 Å². The monoisotopic (exact) mass is 311 g/mol. The van der Waals surface area contributed by atoms with Gasteiger partial charge in [-0.2, -0.15) is 13.2 Å². The van der Waals surface area contributed by atoms with Gasteiger partial charge < -0.3 is 10.5 Å². The summed E-state index contributed by atoms with van der Waals surface area (Å²) < 4.78 is 43.8. The number of hydrogen-bond acceptors (Lipinski definition) is 2. The molecule has 1 aromatic rings. The second-order valence-electron chi connectivity index (χ2n) is 3.53. The van der Waals surface area contributed by atoms with Gasteiger partial charge in [0.05, 0.1) is 17.1 Å². The third kappa shape index (κ3) is 3.61. The van der Waals surface area contributed by atoms with E-state index in [1.807, 2.05) is 0 Å². The number of benzene rings is 1. The number of alkyl halides is 3. The Morgan fingerprint density at radius 2 is 2.00 bits per heavy atom.